The van der Waals surface area contributed by atoms with Crippen LogP contribution in [0.5, 0.6) is 0 Å². The van der Waals surface area contributed by atoms with Crippen LogP contribution >= 0.6 is 0 Å². The number of carbonyl (C=O) groups is 1. The van der Waals surface area contributed by atoms with Gasteiger partial charge >= 0.3 is 12.2 Å². The molecule has 1 fully saturated rings. The molecule has 2 amide bonds. The van der Waals surface area contributed by atoms with Crippen molar-refractivity contribution in [3.05, 3.63) is 11.6 Å². The molecule has 1 N–H and O–H groups in total. The summed E-state index contributed by atoms with van der Waals surface area (Å²) in [6.45, 7) is -0.128. The van der Waals surface area contributed by atoms with Gasteiger partial charge in [0.25, 0.3) is 0 Å². The molecule has 2 aliphatic rings. The molecule has 1 unspecified atom stereocenters. The first-order valence-electron chi connectivity index (χ1n) is 6.19. The Kier molecular flexibility index (Phi) is 3.99. The fraction of sp³-hybridized carbons (Fsp3) is 0.727. The molecule has 0 bridgehead atoms. The van der Waals surface area contributed by atoms with Crippen LogP contribution in [0.15, 0.2) is 11.6 Å². The second-order valence-corrected chi connectivity index (χ2v) is 7.20. The van der Waals surface area contributed by atoms with Crippen LogP contribution in [-0.2, 0) is 9.84 Å². The average molecular weight is 312 g/mol. The third kappa shape index (κ3) is 3.65. The van der Waals surface area contributed by atoms with Crippen molar-refractivity contribution in [2.75, 3.05) is 24.6 Å². The first-order valence-corrected chi connectivity index (χ1v) is 8.01. The summed E-state index contributed by atoms with van der Waals surface area (Å²) in [7, 11) is -3.09. The van der Waals surface area contributed by atoms with Crippen molar-refractivity contribution in [3.63, 3.8) is 0 Å². The fourth-order valence-corrected chi connectivity index (χ4v) is 3.96. The Hall–Kier alpha value is -1.25. The molecule has 0 aromatic carbocycles. The highest BCUT2D eigenvalue weighted by molar-refractivity contribution is 7.91. The van der Waals surface area contributed by atoms with Gasteiger partial charge in [0.05, 0.1) is 11.5 Å². The molecule has 0 saturated carbocycles. The highest BCUT2D eigenvalue weighted by Crippen LogP contribution is 2.30. The molecule has 0 aromatic heterocycles. The van der Waals surface area contributed by atoms with Gasteiger partial charge in [-0.15, -0.1) is 0 Å². The topological polar surface area (TPSA) is 66.5 Å². The van der Waals surface area contributed by atoms with Gasteiger partial charge < -0.3 is 10.2 Å². The van der Waals surface area contributed by atoms with Crippen LogP contribution in [0.4, 0.5) is 18.0 Å². The van der Waals surface area contributed by atoms with Crippen molar-refractivity contribution in [2.24, 2.45) is 0 Å². The number of nitrogens with one attached hydrogen (secondary N) is 1. The summed E-state index contributed by atoms with van der Waals surface area (Å²) in [5, 5.41) is 2.56. The Bertz CT molecular complexity index is 528. The highest BCUT2D eigenvalue weighted by Gasteiger charge is 2.36. The van der Waals surface area contributed by atoms with Crippen molar-refractivity contribution >= 4 is 15.9 Å². The van der Waals surface area contributed by atoms with Crippen LogP contribution in [0.25, 0.3) is 0 Å². The molecule has 0 spiro atoms. The first-order chi connectivity index (χ1) is 9.17. The standard InChI is InChI=1S/C11H15F3N2O3S/c12-11(13,14)8-1-4-16(5-2-8)10(17)15-9-3-6-20(18,19)7-9/h1,9H,2-7H2,(H,15,17). The second kappa shape index (κ2) is 5.27. The lowest BCUT2D eigenvalue weighted by molar-refractivity contribution is -0.0956. The predicted molar refractivity (Wildman–Crippen MR) is 65.9 cm³/mol. The number of halogens is 3. The second-order valence-electron chi connectivity index (χ2n) is 4.97. The zero-order valence-corrected chi connectivity index (χ0v) is 11.4. The Morgan fingerprint density at radius 3 is 2.55 bits per heavy atom. The number of urea groups is 1. The van der Waals surface area contributed by atoms with Gasteiger partial charge in [-0.05, 0) is 12.8 Å². The van der Waals surface area contributed by atoms with Gasteiger partial charge in [-0.1, -0.05) is 6.08 Å². The normalized spacial score (nSPS) is 26.2. The smallest absolute Gasteiger partial charge is 0.334 e. The lowest BCUT2D eigenvalue weighted by atomic mass is 10.1. The third-order valence-electron chi connectivity index (χ3n) is 3.42. The van der Waals surface area contributed by atoms with E-state index < -0.39 is 33.7 Å². The van der Waals surface area contributed by atoms with Gasteiger partial charge in [0.1, 0.15) is 0 Å². The van der Waals surface area contributed by atoms with E-state index in [4.69, 9.17) is 0 Å². The molecule has 2 heterocycles. The summed E-state index contributed by atoms with van der Waals surface area (Å²) in [6, 6.07) is -0.954. The van der Waals surface area contributed by atoms with Gasteiger partial charge in [0, 0.05) is 24.7 Å². The number of nitrogens with zero attached hydrogens (tertiary/aromatic N) is 1. The SMILES string of the molecule is O=C(NC1CCS(=O)(=O)C1)N1CC=C(C(F)(F)F)CC1. The summed E-state index contributed by atoms with van der Waals surface area (Å²) in [5.74, 6) is -0.0632. The van der Waals surface area contributed by atoms with Crippen LogP contribution in [0, 0.1) is 0 Å². The molecule has 1 saturated heterocycles. The number of carbonyl (C=O) groups excluding carboxylic acids is 1. The van der Waals surface area contributed by atoms with E-state index in [2.05, 4.69) is 5.32 Å². The van der Waals surface area contributed by atoms with Crippen LogP contribution < -0.4 is 5.32 Å². The van der Waals surface area contributed by atoms with Gasteiger partial charge in [-0.2, -0.15) is 13.2 Å². The zero-order chi connectivity index (χ0) is 15.0. The number of rotatable bonds is 1. The molecule has 9 heteroatoms. The van der Waals surface area contributed by atoms with E-state index in [1.165, 1.54) is 4.90 Å². The Morgan fingerprint density at radius 1 is 1.40 bits per heavy atom. The van der Waals surface area contributed by atoms with Crippen molar-refractivity contribution in [3.8, 4) is 0 Å². The quantitative estimate of drug-likeness (QED) is 0.737. The van der Waals surface area contributed by atoms with E-state index in [0.717, 1.165) is 6.08 Å². The molecule has 0 aromatic rings. The first kappa shape index (κ1) is 15.1. The lowest BCUT2D eigenvalue weighted by Gasteiger charge is -2.28. The van der Waals surface area contributed by atoms with Crippen molar-refractivity contribution < 1.29 is 26.4 Å². The molecule has 114 valence electrons. The Balaban J connectivity index is 1.88. The number of sulfone groups is 1. The summed E-state index contributed by atoms with van der Waals surface area (Å²) in [6.07, 6.45) is -3.23. The maximum Gasteiger partial charge on any atom is 0.412 e. The molecule has 1 atom stereocenters. The lowest BCUT2D eigenvalue weighted by Crippen LogP contribution is -2.47. The summed E-state index contributed by atoms with van der Waals surface area (Å²) < 4.78 is 59.8. The van der Waals surface area contributed by atoms with Gasteiger partial charge in [0.2, 0.25) is 0 Å². The van der Waals surface area contributed by atoms with Crippen molar-refractivity contribution in [2.45, 2.75) is 25.1 Å². The Labute approximate surface area is 114 Å². The largest absolute Gasteiger partial charge is 0.412 e. The van der Waals surface area contributed by atoms with Gasteiger partial charge in [-0.3, -0.25) is 0 Å². The number of hydrogen-bond acceptors (Lipinski definition) is 3. The monoisotopic (exact) mass is 312 g/mol. The van der Waals surface area contributed by atoms with E-state index >= 15 is 0 Å². The summed E-state index contributed by atoms with van der Waals surface area (Å²) in [4.78, 5) is 13.1. The molecule has 5 nitrogen and oxygen atoms in total. The molecule has 0 aliphatic carbocycles. The Morgan fingerprint density at radius 2 is 2.10 bits per heavy atom. The minimum absolute atomic E-state index is 0.0172. The summed E-state index contributed by atoms with van der Waals surface area (Å²) >= 11 is 0. The van der Waals surface area contributed by atoms with E-state index in [1.807, 2.05) is 0 Å². The molecular weight excluding hydrogens is 297 g/mol. The fourth-order valence-electron chi connectivity index (χ4n) is 2.29. The van der Waals surface area contributed by atoms with Crippen LogP contribution in [0.3, 0.4) is 0 Å². The molecule has 0 radical (unpaired) electrons. The predicted octanol–water partition coefficient (Wildman–Crippen LogP) is 1.08. The minimum atomic E-state index is -4.35. The van der Waals surface area contributed by atoms with Crippen LogP contribution in [0.2, 0.25) is 0 Å². The molecular formula is C11H15F3N2O3S. The maximum absolute atomic E-state index is 12.4. The zero-order valence-electron chi connectivity index (χ0n) is 10.6. The summed E-state index contributed by atoms with van der Waals surface area (Å²) in [5.41, 5.74) is -0.620. The molecule has 2 aliphatic heterocycles. The number of hydrogen-bond donors (Lipinski definition) is 1. The maximum atomic E-state index is 12.4. The van der Waals surface area contributed by atoms with Gasteiger partial charge in [-0.25, -0.2) is 13.2 Å². The number of amides is 2. The average Bonchev–Trinajstić information content (AvgIpc) is 2.67. The molecule has 2 rings (SSSR count). The van der Waals surface area contributed by atoms with Crippen LogP contribution in [-0.4, -0.2) is 56.2 Å². The minimum Gasteiger partial charge on any atom is -0.334 e. The third-order valence-corrected chi connectivity index (χ3v) is 5.19. The number of alkyl halides is 3. The van der Waals surface area contributed by atoms with Gasteiger partial charge in [0.15, 0.2) is 9.84 Å². The van der Waals surface area contributed by atoms with Crippen molar-refractivity contribution in [1.29, 1.82) is 0 Å². The van der Waals surface area contributed by atoms with E-state index in [1.54, 1.807) is 0 Å². The van der Waals surface area contributed by atoms with E-state index in [0.29, 0.717) is 6.42 Å². The highest BCUT2D eigenvalue weighted by atomic mass is 32.2. The van der Waals surface area contributed by atoms with E-state index in [9.17, 15) is 26.4 Å². The molecule has 20 heavy (non-hydrogen) atoms. The van der Waals surface area contributed by atoms with Crippen LogP contribution in [0.1, 0.15) is 12.8 Å². The van der Waals surface area contributed by atoms with Crippen molar-refractivity contribution in [1.82, 2.24) is 10.2 Å². The van der Waals surface area contributed by atoms with E-state index in [-0.39, 0.29) is 31.0 Å².